The Morgan fingerprint density at radius 2 is 1.91 bits per heavy atom. The van der Waals surface area contributed by atoms with E-state index in [0.717, 1.165) is 11.3 Å². The van der Waals surface area contributed by atoms with Crippen molar-refractivity contribution in [2.24, 2.45) is 0 Å². The van der Waals surface area contributed by atoms with Crippen LogP contribution in [0.25, 0.3) is 6.08 Å². The van der Waals surface area contributed by atoms with Gasteiger partial charge in [0.2, 0.25) is 0 Å². The van der Waals surface area contributed by atoms with Gasteiger partial charge in [0.1, 0.15) is 0 Å². The summed E-state index contributed by atoms with van der Waals surface area (Å²) in [7, 11) is 0. The van der Waals surface area contributed by atoms with Gasteiger partial charge >= 0.3 is 0 Å². The molecule has 1 aromatic rings. The summed E-state index contributed by atoms with van der Waals surface area (Å²) in [6.45, 7) is 4.12. The van der Waals surface area contributed by atoms with E-state index in [0.29, 0.717) is 0 Å². The number of benzene rings is 1. The van der Waals surface area contributed by atoms with Crippen molar-refractivity contribution in [3.63, 3.8) is 0 Å². The zero-order valence-electron chi connectivity index (χ0n) is 6.96. The highest BCUT2D eigenvalue weighted by atomic mass is 14.5. The van der Waals surface area contributed by atoms with Crippen molar-refractivity contribution >= 4 is 11.8 Å². The van der Waals surface area contributed by atoms with Gasteiger partial charge in [-0.2, -0.15) is 0 Å². The number of hydrogen-bond acceptors (Lipinski definition) is 1. The minimum Gasteiger partial charge on any atom is -0.398 e. The first-order chi connectivity index (χ1) is 5.20. The molecule has 0 aliphatic rings. The molecule has 1 aromatic carbocycles. The van der Waals surface area contributed by atoms with Gasteiger partial charge in [-0.05, 0) is 25.5 Å². The van der Waals surface area contributed by atoms with Crippen LogP contribution in [0.3, 0.4) is 0 Å². The second kappa shape index (κ2) is 3.24. The van der Waals surface area contributed by atoms with Crippen LogP contribution in [0, 0.1) is 0 Å². The van der Waals surface area contributed by atoms with Crippen LogP contribution in [-0.2, 0) is 0 Å². The Labute approximate surface area is 67.5 Å². The maximum Gasteiger partial charge on any atom is 0.0387 e. The van der Waals surface area contributed by atoms with Crippen molar-refractivity contribution < 1.29 is 0 Å². The molecule has 0 saturated heterocycles. The second-order valence-electron chi connectivity index (χ2n) is 2.85. The quantitative estimate of drug-likeness (QED) is 0.607. The molecule has 58 valence electrons. The maximum atomic E-state index is 5.72. The largest absolute Gasteiger partial charge is 0.398 e. The average molecular weight is 147 g/mol. The molecule has 0 aliphatic carbocycles. The van der Waals surface area contributed by atoms with E-state index in [1.54, 1.807) is 0 Å². The molecule has 0 unspecified atom stereocenters. The number of nitrogens with two attached hydrogens (primary N) is 1. The number of anilines is 1. The predicted molar refractivity (Wildman–Crippen MR) is 50.2 cm³/mol. The van der Waals surface area contributed by atoms with Crippen LogP contribution < -0.4 is 5.73 Å². The standard InChI is InChI=1S/C10H13N/c1-8(2)7-9-5-3-4-6-10(9)11/h3-7H,11H2,1-2H3. The molecule has 0 aromatic heterocycles. The monoisotopic (exact) mass is 147 g/mol. The highest BCUT2D eigenvalue weighted by Crippen LogP contribution is 2.13. The Morgan fingerprint density at radius 1 is 1.27 bits per heavy atom. The van der Waals surface area contributed by atoms with Gasteiger partial charge in [-0.1, -0.05) is 29.8 Å². The Kier molecular flexibility index (Phi) is 2.32. The summed E-state index contributed by atoms with van der Waals surface area (Å²) < 4.78 is 0. The first-order valence-electron chi connectivity index (χ1n) is 3.69. The number of nitrogen functional groups attached to an aromatic ring is 1. The third-order valence-corrected chi connectivity index (χ3v) is 1.44. The lowest BCUT2D eigenvalue weighted by Gasteiger charge is -1.98. The lowest BCUT2D eigenvalue weighted by atomic mass is 10.1. The van der Waals surface area contributed by atoms with E-state index in [1.165, 1.54) is 5.57 Å². The van der Waals surface area contributed by atoms with Crippen molar-refractivity contribution in [3.05, 3.63) is 35.4 Å². The summed E-state index contributed by atoms with van der Waals surface area (Å²) in [5, 5.41) is 0. The van der Waals surface area contributed by atoms with Gasteiger partial charge in [0.05, 0.1) is 0 Å². The third kappa shape index (κ3) is 2.11. The zero-order valence-corrected chi connectivity index (χ0v) is 6.96. The van der Waals surface area contributed by atoms with Gasteiger partial charge < -0.3 is 5.73 Å². The smallest absolute Gasteiger partial charge is 0.0387 e. The summed E-state index contributed by atoms with van der Waals surface area (Å²) in [5.74, 6) is 0. The molecule has 0 bridgehead atoms. The number of hydrogen-bond donors (Lipinski definition) is 1. The van der Waals surface area contributed by atoms with E-state index in [4.69, 9.17) is 5.73 Å². The van der Waals surface area contributed by atoms with Crippen LogP contribution in [0.5, 0.6) is 0 Å². The molecule has 0 amide bonds. The van der Waals surface area contributed by atoms with Crippen LogP contribution >= 0.6 is 0 Å². The van der Waals surface area contributed by atoms with Gasteiger partial charge in [0.25, 0.3) is 0 Å². The van der Waals surface area contributed by atoms with Crippen molar-refractivity contribution in [2.45, 2.75) is 13.8 Å². The molecule has 0 fully saturated rings. The minimum absolute atomic E-state index is 0.841. The molecule has 0 aliphatic heterocycles. The zero-order chi connectivity index (χ0) is 8.27. The molecule has 0 atom stereocenters. The Morgan fingerprint density at radius 3 is 2.45 bits per heavy atom. The molecule has 1 nitrogen and oxygen atoms in total. The topological polar surface area (TPSA) is 26.0 Å². The SMILES string of the molecule is CC(C)=Cc1ccccc1N. The second-order valence-corrected chi connectivity index (χ2v) is 2.85. The molecule has 2 N–H and O–H groups in total. The lowest BCUT2D eigenvalue weighted by Crippen LogP contribution is -1.87. The molecule has 0 spiro atoms. The molecule has 0 heterocycles. The third-order valence-electron chi connectivity index (χ3n) is 1.44. The molecule has 0 radical (unpaired) electrons. The molecule has 0 saturated carbocycles. The summed E-state index contributed by atoms with van der Waals surface area (Å²) >= 11 is 0. The Hall–Kier alpha value is -1.24. The van der Waals surface area contributed by atoms with Gasteiger partial charge in [-0.25, -0.2) is 0 Å². The fraction of sp³-hybridized carbons (Fsp3) is 0.200. The number of para-hydroxylation sites is 1. The lowest BCUT2D eigenvalue weighted by molar-refractivity contribution is 1.42. The van der Waals surface area contributed by atoms with Gasteiger partial charge in [0, 0.05) is 5.69 Å². The Bertz CT molecular complexity index is 270. The maximum absolute atomic E-state index is 5.72. The highest BCUT2D eigenvalue weighted by molar-refractivity contribution is 5.65. The molecule has 1 heteroatoms. The van der Waals surface area contributed by atoms with Crippen molar-refractivity contribution in [1.29, 1.82) is 0 Å². The highest BCUT2D eigenvalue weighted by Gasteiger charge is 1.91. The summed E-state index contributed by atoms with van der Waals surface area (Å²) in [6.07, 6.45) is 2.08. The first-order valence-corrected chi connectivity index (χ1v) is 3.69. The van der Waals surface area contributed by atoms with E-state index in [2.05, 4.69) is 19.9 Å². The van der Waals surface area contributed by atoms with E-state index >= 15 is 0 Å². The van der Waals surface area contributed by atoms with E-state index in [1.807, 2.05) is 24.3 Å². The molecule has 11 heavy (non-hydrogen) atoms. The van der Waals surface area contributed by atoms with E-state index < -0.39 is 0 Å². The molecule has 1 rings (SSSR count). The van der Waals surface area contributed by atoms with Gasteiger partial charge in [0.15, 0.2) is 0 Å². The van der Waals surface area contributed by atoms with Crippen LogP contribution in [0.1, 0.15) is 19.4 Å². The first kappa shape index (κ1) is 7.86. The van der Waals surface area contributed by atoms with Crippen LogP contribution in [0.2, 0.25) is 0 Å². The fourth-order valence-electron chi connectivity index (χ4n) is 0.953. The van der Waals surface area contributed by atoms with E-state index in [9.17, 15) is 0 Å². The fourth-order valence-corrected chi connectivity index (χ4v) is 0.953. The molecular weight excluding hydrogens is 134 g/mol. The summed E-state index contributed by atoms with van der Waals surface area (Å²) in [6, 6.07) is 7.86. The average Bonchev–Trinajstić information content (AvgIpc) is 1.93. The van der Waals surface area contributed by atoms with Crippen LogP contribution in [-0.4, -0.2) is 0 Å². The van der Waals surface area contributed by atoms with Crippen molar-refractivity contribution in [1.82, 2.24) is 0 Å². The Balaban J connectivity index is 3.04. The van der Waals surface area contributed by atoms with Crippen LogP contribution in [0.4, 0.5) is 5.69 Å². The van der Waals surface area contributed by atoms with Crippen molar-refractivity contribution in [3.8, 4) is 0 Å². The minimum atomic E-state index is 0.841. The summed E-state index contributed by atoms with van der Waals surface area (Å²) in [5.41, 5.74) is 8.94. The van der Waals surface area contributed by atoms with E-state index in [-0.39, 0.29) is 0 Å². The van der Waals surface area contributed by atoms with Crippen molar-refractivity contribution in [2.75, 3.05) is 5.73 Å². The van der Waals surface area contributed by atoms with Gasteiger partial charge in [-0.3, -0.25) is 0 Å². The predicted octanol–water partition coefficient (Wildman–Crippen LogP) is 2.69. The molecular formula is C10H13N. The summed E-state index contributed by atoms with van der Waals surface area (Å²) in [4.78, 5) is 0. The van der Waals surface area contributed by atoms with Crippen LogP contribution in [0.15, 0.2) is 29.8 Å². The number of allylic oxidation sites excluding steroid dienone is 1. The number of rotatable bonds is 1. The van der Waals surface area contributed by atoms with Gasteiger partial charge in [-0.15, -0.1) is 0 Å². The normalized spacial score (nSPS) is 9.27.